The van der Waals surface area contributed by atoms with Crippen molar-refractivity contribution in [3.8, 4) is 6.01 Å². The number of halogens is 2. The van der Waals surface area contributed by atoms with Gasteiger partial charge < -0.3 is 4.74 Å². The minimum Gasteiger partial charge on any atom is -0.463 e. The van der Waals surface area contributed by atoms with E-state index < -0.39 is 0 Å². The molecule has 0 fully saturated rings. The minimum atomic E-state index is -0.291. The number of ether oxygens (including phenoxy) is 1. The van der Waals surface area contributed by atoms with Crippen LogP contribution >= 0.6 is 23.2 Å². The fraction of sp³-hybridized carbons (Fsp3) is 0.571. The van der Waals surface area contributed by atoms with Crippen LogP contribution in [-0.2, 0) is 0 Å². The summed E-state index contributed by atoms with van der Waals surface area (Å²) in [5.74, 6) is 0. The highest BCUT2D eigenvalue weighted by Gasteiger charge is 2.33. The lowest BCUT2D eigenvalue weighted by Crippen LogP contribution is -2.12. The van der Waals surface area contributed by atoms with E-state index >= 15 is 0 Å². The lowest BCUT2D eigenvalue weighted by molar-refractivity contribution is 0.270. The van der Waals surface area contributed by atoms with Crippen molar-refractivity contribution in [1.82, 2.24) is 15.0 Å². The van der Waals surface area contributed by atoms with Crippen LogP contribution in [-0.4, -0.2) is 27.2 Å². The summed E-state index contributed by atoms with van der Waals surface area (Å²) < 4.78 is 5.23. The maximum absolute atomic E-state index is 5.57. The van der Waals surface area contributed by atoms with Gasteiger partial charge in [0, 0.05) is 6.42 Å². The Bertz CT molecular complexity index is 384. The predicted octanol–water partition coefficient (Wildman–Crippen LogP) is 2.13. The molecule has 1 aromatic rings. The molecule has 2 heterocycles. The summed E-state index contributed by atoms with van der Waals surface area (Å²) in [5, 5.41) is 7.70. The van der Waals surface area contributed by atoms with Gasteiger partial charge in [0.25, 0.3) is 0 Å². The van der Waals surface area contributed by atoms with Gasteiger partial charge in [-0.15, -0.1) is 0 Å². The van der Waals surface area contributed by atoms with E-state index in [9.17, 15) is 0 Å². The molecule has 15 heavy (non-hydrogen) atoms. The molecular weight excluding hydrogens is 241 g/mol. The van der Waals surface area contributed by atoms with Crippen molar-refractivity contribution < 1.29 is 4.74 Å². The fourth-order valence-corrected chi connectivity index (χ4v) is 1.24. The van der Waals surface area contributed by atoms with E-state index in [2.05, 4.69) is 25.2 Å². The quantitative estimate of drug-likeness (QED) is 0.818. The van der Waals surface area contributed by atoms with Crippen molar-refractivity contribution in [2.75, 3.05) is 6.61 Å². The van der Waals surface area contributed by atoms with E-state index in [4.69, 9.17) is 27.9 Å². The van der Waals surface area contributed by atoms with Crippen molar-refractivity contribution in [1.29, 1.82) is 0 Å². The summed E-state index contributed by atoms with van der Waals surface area (Å²) >= 11 is 11.1. The molecule has 0 bridgehead atoms. The number of nitrogens with zero attached hydrogens (tertiary/aromatic N) is 5. The maximum atomic E-state index is 5.57. The van der Waals surface area contributed by atoms with E-state index in [0.29, 0.717) is 13.0 Å². The molecule has 0 N–H and O–H groups in total. The zero-order chi connectivity index (χ0) is 10.9. The number of aromatic nitrogens is 3. The minimum absolute atomic E-state index is 0.0111. The normalized spacial score (nSPS) is 16.5. The molecule has 0 saturated heterocycles. The highest BCUT2D eigenvalue weighted by atomic mass is 35.5. The van der Waals surface area contributed by atoms with E-state index in [0.717, 1.165) is 0 Å². The third kappa shape index (κ3) is 2.97. The Morgan fingerprint density at radius 1 is 1.13 bits per heavy atom. The SMILES string of the molecule is CC1(CCOc2nc(Cl)nc(Cl)n2)N=N1. The molecule has 0 radical (unpaired) electrons. The highest BCUT2D eigenvalue weighted by molar-refractivity contribution is 6.31. The van der Waals surface area contributed by atoms with Gasteiger partial charge in [-0.1, -0.05) is 0 Å². The number of hydrogen-bond acceptors (Lipinski definition) is 6. The van der Waals surface area contributed by atoms with Gasteiger partial charge in [0.15, 0.2) is 5.66 Å². The average molecular weight is 248 g/mol. The van der Waals surface area contributed by atoms with E-state index in [1.165, 1.54) is 0 Å². The van der Waals surface area contributed by atoms with Gasteiger partial charge in [0.1, 0.15) is 0 Å². The first-order valence-electron chi connectivity index (χ1n) is 4.21. The van der Waals surface area contributed by atoms with Gasteiger partial charge in [-0.2, -0.15) is 25.2 Å². The van der Waals surface area contributed by atoms with Crippen LogP contribution in [0, 0.1) is 0 Å². The fourth-order valence-electron chi connectivity index (χ4n) is 0.895. The van der Waals surface area contributed by atoms with Crippen molar-refractivity contribution >= 4 is 23.2 Å². The lowest BCUT2D eigenvalue weighted by Gasteiger charge is -2.05. The number of rotatable bonds is 4. The summed E-state index contributed by atoms with van der Waals surface area (Å²) in [6, 6.07) is 0.115. The Hall–Kier alpha value is -1.01. The van der Waals surface area contributed by atoms with E-state index in [1.54, 1.807) is 0 Å². The van der Waals surface area contributed by atoms with Crippen LogP contribution in [0.2, 0.25) is 10.6 Å². The molecule has 1 aliphatic rings. The number of hydrogen-bond donors (Lipinski definition) is 0. The van der Waals surface area contributed by atoms with Gasteiger partial charge >= 0.3 is 6.01 Å². The molecule has 0 aliphatic carbocycles. The van der Waals surface area contributed by atoms with Crippen molar-refractivity contribution in [3.05, 3.63) is 10.6 Å². The zero-order valence-electron chi connectivity index (χ0n) is 7.81. The molecule has 6 nitrogen and oxygen atoms in total. The average Bonchev–Trinajstić information content (AvgIpc) is 2.82. The van der Waals surface area contributed by atoms with Crippen LogP contribution in [0.3, 0.4) is 0 Å². The highest BCUT2D eigenvalue weighted by Crippen LogP contribution is 2.30. The first-order chi connectivity index (χ1) is 7.07. The molecule has 0 amide bonds. The van der Waals surface area contributed by atoms with Crippen LogP contribution in [0.4, 0.5) is 0 Å². The van der Waals surface area contributed by atoms with E-state index in [1.807, 2.05) is 6.92 Å². The smallest absolute Gasteiger partial charge is 0.322 e. The molecule has 0 saturated carbocycles. The largest absolute Gasteiger partial charge is 0.463 e. The summed E-state index contributed by atoms with van der Waals surface area (Å²) in [4.78, 5) is 11.1. The molecule has 80 valence electrons. The van der Waals surface area contributed by atoms with Crippen LogP contribution in [0.25, 0.3) is 0 Å². The third-order valence-electron chi connectivity index (χ3n) is 1.81. The Balaban J connectivity index is 1.87. The topological polar surface area (TPSA) is 72.6 Å². The summed E-state index contributed by atoms with van der Waals surface area (Å²) in [6.45, 7) is 2.31. The van der Waals surface area contributed by atoms with Crippen LogP contribution in [0.15, 0.2) is 10.2 Å². The second-order valence-corrected chi connectivity index (χ2v) is 3.85. The summed E-state index contributed by atoms with van der Waals surface area (Å²) in [6.07, 6.45) is 0.675. The molecule has 0 aromatic carbocycles. The molecule has 1 aliphatic heterocycles. The van der Waals surface area contributed by atoms with Crippen molar-refractivity contribution in [2.24, 2.45) is 10.2 Å². The summed E-state index contributed by atoms with van der Waals surface area (Å²) in [7, 11) is 0. The zero-order valence-corrected chi connectivity index (χ0v) is 9.33. The van der Waals surface area contributed by atoms with Crippen LogP contribution < -0.4 is 4.74 Å². The van der Waals surface area contributed by atoms with Gasteiger partial charge in [-0.25, -0.2) is 0 Å². The van der Waals surface area contributed by atoms with Crippen molar-refractivity contribution in [3.63, 3.8) is 0 Å². The molecule has 0 unspecified atom stereocenters. The molecular formula is C7H7Cl2N5O. The second-order valence-electron chi connectivity index (χ2n) is 3.17. The Morgan fingerprint density at radius 3 is 2.27 bits per heavy atom. The van der Waals surface area contributed by atoms with Gasteiger partial charge in [-0.3, -0.25) is 0 Å². The predicted molar refractivity (Wildman–Crippen MR) is 53.2 cm³/mol. The van der Waals surface area contributed by atoms with Crippen LogP contribution in [0.5, 0.6) is 6.01 Å². The molecule has 1 aromatic heterocycles. The molecule has 0 spiro atoms. The van der Waals surface area contributed by atoms with Crippen LogP contribution in [0.1, 0.15) is 13.3 Å². The molecule has 8 heteroatoms. The van der Waals surface area contributed by atoms with Gasteiger partial charge in [-0.05, 0) is 30.1 Å². The first-order valence-corrected chi connectivity index (χ1v) is 4.97. The Labute approximate surface area is 95.7 Å². The Kier molecular flexibility index (Phi) is 2.70. The van der Waals surface area contributed by atoms with E-state index in [-0.39, 0.29) is 22.2 Å². The lowest BCUT2D eigenvalue weighted by atomic mass is 10.2. The molecule has 0 atom stereocenters. The maximum Gasteiger partial charge on any atom is 0.322 e. The monoisotopic (exact) mass is 247 g/mol. The first kappa shape index (κ1) is 10.5. The summed E-state index contributed by atoms with van der Waals surface area (Å²) in [5.41, 5.74) is -0.291. The van der Waals surface area contributed by atoms with Gasteiger partial charge in [0.05, 0.1) is 6.61 Å². The Morgan fingerprint density at radius 2 is 1.73 bits per heavy atom. The molecule has 2 rings (SSSR count). The van der Waals surface area contributed by atoms with Gasteiger partial charge in [0.2, 0.25) is 10.6 Å². The third-order valence-corrected chi connectivity index (χ3v) is 2.15. The van der Waals surface area contributed by atoms with Crippen molar-refractivity contribution in [2.45, 2.75) is 19.0 Å². The second kappa shape index (κ2) is 3.86. The standard InChI is InChI=1S/C7H7Cl2N5O/c1-7(13-14-7)2-3-15-6-11-4(8)10-5(9)12-6/h2-3H2,1H3.